The molecule has 3 heteroatoms. The van der Waals surface area contributed by atoms with E-state index < -0.39 is 17.8 Å². The average Bonchev–Trinajstić information content (AvgIpc) is 3.02. The predicted octanol–water partition coefficient (Wildman–Crippen LogP) is 6.17. The lowest BCUT2D eigenvalue weighted by molar-refractivity contribution is -0.00700. The third kappa shape index (κ3) is 5.84. The Hall–Kier alpha value is -0.640. The Morgan fingerprint density at radius 1 is 1.13 bits per heavy atom. The number of aliphatic hydroxyl groups is 3. The van der Waals surface area contributed by atoms with Crippen LogP contribution >= 0.6 is 0 Å². The second-order valence-electron chi connectivity index (χ2n) is 12.0. The van der Waals surface area contributed by atoms with Crippen molar-refractivity contribution in [3.63, 3.8) is 0 Å². The van der Waals surface area contributed by atoms with Crippen LogP contribution in [0.2, 0.25) is 0 Å². The van der Waals surface area contributed by atoms with Crippen LogP contribution in [-0.4, -0.2) is 33.1 Å². The molecule has 3 aliphatic carbocycles. The van der Waals surface area contributed by atoms with E-state index in [9.17, 15) is 15.3 Å². The van der Waals surface area contributed by atoms with Gasteiger partial charge < -0.3 is 15.3 Å². The molecule has 0 heterocycles. The average molecular weight is 433 g/mol. The van der Waals surface area contributed by atoms with Crippen molar-refractivity contribution in [2.45, 2.75) is 123 Å². The zero-order valence-electron chi connectivity index (χ0n) is 20.7. The summed E-state index contributed by atoms with van der Waals surface area (Å²) in [7, 11) is 0. The maximum atomic E-state index is 10.4. The molecule has 0 aliphatic heterocycles. The van der Waals surface area contributed by atoms with E-state index in [1.54, 1.807) is 5.57 Å². The van der Waals surface area contributed by atoms with Crippen LogP contribution in [-0.2, 0) is 0 Å². The fourth-order valence-corrected chi connectivity index (χ4v) is 7.36. The summed E-state index contributed by atoms with van der Waals surface area (Å²) >= 11 is 0. The molecule has 0 aromatic carbocycles. The Morgan fingerprint density at radius 3 is 2.42 bits per heavy atom. The number of rotatable bonds is 7. The first kappa shape index (κ1) is 25.0. The molecule has 0 saturated heterocycles. The highest BCUT2D eigenvalue weighted by molar-refractivity contribution is 5.26. The largest absolute Gasteiger partial charge is 0.392 e. The summed E-state index contributed by atoms with van der Waals surface area (Å²) in [6, 6.07) is 0. The van der Waals surface area contributed by atoms with E-state index in [1.165, 1.54) is 44.1 Å². The molecular weight excluding hydrogens is 384 g/mol. The molecule has 3 nitrogen and oxygen atoms in total. The van der Waals surface area contributed by atoms with Crippen molar-refractivity contribution in [3.05, 3.63) is 23.3 Å². The van der Waals surface area contributed by atoms with Gasteiger partial charge in [0.15, 0.2) is 0 Å². The molecule has 0 aromatic rings. The first-order valence-electron chi connectivity index (χ1n) is 13.0. The number of aliphatic hydroxyl groups excluding tert-OH is 2. The smallest absolute Gasteiger partial charge is 0.0630 e. The molecule has 0 bridgehead atoms. The van der Waals surface area contributed by atoms with E-state index in [0.717, 1.165) is 25.2 Å². The summed E-state index contributed by atoms with van der Waals surface area (Å²) in [6.07, 6.45) is 15.7. The molecule has 3 aliphatic rings. The first-order chi connectivity index (χ1) is 14.5. The number of allylic oxidation sites excluding steroid dienone is 3. The molecule has 3 rings (SSSR count). The normalized spacial score (nSPS) is 38.9. The van der Waals surface area contributed by atoms with Crippen molar-refractivity contribution in [2.75, 3.05) is 0 Å². The highest BCUT2D eigenvalue weighted by Gasteiger charge is 2.50. The highest BCUT2D eigenvalue weighted by atomic mass is 16.3. The van der Waals surface area contributed by atoms with Gasteiger partial charge in [0.1, 0.15) is 0 Å². The van der Waals surface area contributed by atoms with Gasteiger partial charge in [-0.3, -0.25) is 0 Å². The zero-order valence-corrected chi connectivity index (χ0v) is 20.7. The lowest BCUT2D eigenvalue weighted by Crippen LogP contribution is -2.36. The molecule has 3 fully saturated rings. The van der Waals surface area contributed by atoms with Gasteiger partial charge in [-0.25, -0.2) is 0 Å². The van der Waals surface area contributed by atoms with Gasteiger partial charge in [-0.2, -0.15) is 0 Å². The van der Waals surface area contributed by atoms with Crippen LogP contribution in [0.3, 0.4) is 0 Å². The molecular formula is C28H48O3. The minimum atomic E-state index is -0.548. The maximum Gasteiger partial charge on any atom is 0.0630 e. The molecule has 31 heavy (non-hydrogen) atoms. The zero-order chi connectivity index (χ0) is 22.8. The van der Waals surface area contributed by atoms with E-state index in [-0.39, 0.29) is 5.92 Å². The monoisotopic (exact) mass is 432 g/mol. The van der Waals surface area contributed by atoms with Crippen LogP contribution in [0.25, 0.3) is 0 Å². The molecule has 0 unspecified atom stereocenters. The van der Waals surface area contributed by atoms with Gasteiger partial charge in [0.25, 0.3) is 0 Å². The molecule has 6 atom stereocenters. The fourth-order valence-electron chi connectivity index (χ4n) is 7.36. The summed E-state index contributed by atoms with van der Waals surface area (Å²) in [6.45, 7) is 10.9. The molecule has 0 amide bonds. The van der Waals surface area contributed by atoms with Gasteiger partial charge in [0.05, 0.1) is 17.8 Å². The Kier molecular flexibility index (Phi) is 8.14. The highest BCUT2D eigenvalue weighted by Crippen LogP contribution is 2.60. The van der Waals surface area contributed by atoms with Gasteiger partial charge in [-0.05, 0) is 94.8 Å². The number of hydrogen-bond acceptors (Lipinski definition) is 3. The Balaban J connectivity index is 1.66. The molecule has 178 valence electrons. The van der Waals surface area contributed by atoms with Gasteiger partial charge >= 0.3 is 0 Å². The Labute approximate surface area is 191 Å². The lowest BCUT2D eigenvalue weighted by atomic mass is 9.60. The minimum absolute atomic E-state index is 0.0243. The second kappa shape index (κ2) is 10.1. The fraction of sp³-hybridized carbons (Fsp3) is 0.857. The number of hydrogen-bond donors (Lipinski definition) is 3. The van der Waals surface area contributed by atoms with Gasteiger partial charge in [-0.15, -0.1) is 0 Å². The van der Waals surface area contributed by atoms with Gasteiger partial charge in [0.2, 0.25) is 0 Å². The van der Waals surface area contributed by atoms with E-state index >= 15 is 0 Å². The van der Waals surface area contributed by atoms with Crippen molar-refractivity contribution >= 4 is 0 Å². The maximum absolute atomic E-state index is 10.4. The molecule has 0 aromatic heterocycles. The van der Waals surface area contributed by atoms with Crippen molar-refractivity contribution in [1.82, 2.24) is 0 Å². The van der Waals surface area contributed by atoms with E-state index in [2.05, 4.69) is 32.9 Å². The molecule has 3 N–H and O–H groups in total. The molecule has 0 spiro atoms. The van der Waals surface area contributed by atoms with Gasteiger partial charge in [0, 0.05) is 5.92 Å². The van der Waals surface area contributed by atoms with Crippen molar-refractivity contribution in [2.24, 2.45) is 29.1 Å². The lowest BCUT2D eigenvalue weighted by Gasteiger charge is -2.44. The molecule has 0 radical (unpaired) electrons. The van der Waals surface area contributed by atoms with Gasteiger partial charge in [-0.1, -0.05) is 56.9 Å². The summed E-state index contributed by atoms with van der Waals surface area (Å²) in [5.74, 6) is 2.20. The van der Waals surface area contributed by atoms with Crippen LogP contribution in [0, 0.1) is 29.1 Å². The Bertz CT molecular complexity index is 644. The summed E-state index contributed by atoms with van der Waals surface area (Å²) in [4.78, 5) is 0. The van der Waals surface area contributed by atoms with E-state index in [4.69, 9.17) is 0 Å². The van der Waals surface area contributed by atoms with Crippen LogP contribution in [0.5, 0.6) is 0 Å². The summed E-state index contributed by atoms with van der Waals surface area (Å²) < 4.78 is 0. The quantitative estimate of drug-likeness (QED) is 0.450. The standard InChI is InChI=1S/C28H48O3/c1-6-22-25(29)17-20(18-26(22)30)11-12-21-10-8-16-28(5)23(13-14-24(21)28)19(2)9-7-15-27(3,4)31/h11-12,19,22-26,29-31H,6-10,13-18H2,1-5H3/b20-11?,21-12+/t19-,22?,23-,24+,25-,26-,28-/m1/s1. The van der Waals surface area contributed by atoms with Crippen molar-refractivity contribution in [3.8, 4) is 0 Å². The predicted molar refractivity (Wildman–Crippen MR) is 129 cm³/mol. The van der Waals surface area contributed by atoms with Crippen molar-refractivity contribution in [1.29, 1.82) is 0 Å². The van der Waals surface area contributed by atoms with Crippen LogP contribution in [0.15, 0.2) is 23.3 Å². The minimum Gasteiger partial charge on any atom is -0.392 e. The van der Waals surface area contributed by atoms with E-state index in [1.807, 2.05) is 13.8 Å². The van der Waals surface area contributed by atoms with Crippen LogP contribution in [0.4, 0.5) is 0 Å². The third-order valence-electron chi connectivity index (χ3n) is 9.11. The topological polar surface area (TPSA) is 60.7 Å². The van der Waals surface area contributed by atoms with Crippen LogP contribution in [0.1, 0.15) is 105 Å². The summed E-state index contributed by atoms with van der Waals surface area (Å²) in [5, 5.41) is 30.9. The van der Waals surface area contributed by atoms with E-state index in [0.29, 0.717) is 30.1 Å². The number of fused-ring (bicyclic) bond motifs is 1. The Morgan fingerprint density at radius 2 is 1.81 bits per heavy atom. The first-order valence-corrected chi connectivity index (χ1v) is 13.0. The van der Waals surface area contributed by atoms with Crippen molar-refractivity contribution < 1.29 is 15.3 Å². The SMILES string of the molecule is CCC1[C@H](O)CC(=C/C=C2\CCC[C@]3(C)[C@@H]([C@H](C)CCCC(C)(C)O)CC[C@@H]23)C[C@H]1O. The third-order valence-corrected chi connectivity index (χ3v) is 9.11. The van der Waals surface area contributed by atoms with Crippen LogP contribution < -0.4 is 0 Å². The summed E-state index contributed by atoms with van der Waals surface area (Å²) in [5.41, 5.74) is 2.66. The second-order valence-corrected chi connectivity index (χ2v) is 12.0. The molecule has 3 saturated carbocycles.